The number of carbonyl (C=O) groups excluding carboxylic acids is 1. The highest BCUT2D eigenvalue weighted by molar-refractivity contribution is 5.80. The third kappa shape index (κ3) is 6.35. The van der Waals surface area contributed by atoms with Crippen LogP contribution < -0.4 is 0 Å². The first-order valence-corrected chi connectivity index (χ1v) is 4.72. The van der Waals surface area contributed by atoms with Crippen LogP contribution in [0.25, 0.3) is 0 Å². The summed E-state index contributed by atoms with van der Waals surface area (Å²) in [6.45, 7) is 4.90. The van der Waals surface area contributed by atoms with E-state index in [2.05, 4.69) is 13.8 Å². The number of Topliss-reactive ketones (excluding diaryl/α,β-unsaturated/α-hetero) is 1. The van der Waals surface area contributed by atoms with Crippen LogP contribution in [-0.4, -0.2) is 31.3 Å². The van der Waals surface area contributed by atoms with E-state index < -0.39 is 0 Å². The van der Waals surface area contributed by atoms with Crippen molar-refractivity contribution in [2.75, 3.05) is 20.6 Å². The summed E-state index contributed by atoms with van der Waals surface area (Å²) in [6, 6.07) is 0. The number of hydrogen-bond acceptors (Lipinski definition) is 2. The topological polar surface area (TPSA) is 20.3 Å². The molecular weight excluding hydrogens is 150 g/mol. The standard InChI is InChI=1S/C10H21NO/c1-5-6-9(2)7-10(12)8-11(3)4/h9H,5-8H2,1-4H3. The van der Waals surface area contributed by atoms with E-state index in [4.69, 9.17) is 0 Å². The van der Waals surface area contributed by atoms with E-state index in [1.54, 1.807) is 0 Å². The van der Waals surface area contributed by atoms with Crippen molar-refractivity contribution in [3.05, 3.63) is 0 Å². The Bertz CT molecular complexity index is 132. The van der Waals surface area contributed by atoms with Crippen LogP contribution in [0.4, 0.5) is 0 Å². The second-order valence-corrected chi connectivity index (χ2v) is 3.87. The first kappa shape index (κ1) is 11.6. The zero-order valence-electron chi connectivity index (χ0n) is 8.76. The van der Waals surface area contributed by atoms with Crippen molar-refractivity contribution >= 4 is 5.78 Å². The second kappa shape index (κ2) is 6.18. The molecule has 0 aliphatic carbocycles. The van der Waals surface area contributed by atoms with Crippen molar-refractivity contribution in [3.63, 3.8) is 0 Å². The van der Waals surface area contributed by atoms with Gasteiger partial charge in [0, 0.05) is 6.42 Å². The van der Waals surface area contributed by atoms with Gasteiger partial charge in [-0.3, -0.25) is 4.79 Å². The highest BCUT2D eigenvalue weighted by atomic mass is 16.1. The Hall–Kier alpha value is -0.370. The van der Waals surface area contributed by atoms with Gasteiger partial charge in [0.1, 0.15) is 5.78 Å². The maximum atomic E-state index is 11.3. The molecule has 0 aromatic heterocycles. The van der Waals surface area contributed by atoms with Gasteiger partial charge in [0.15, 0.2) is 0 Å². The van der Waals surface area contributed by atoms with Gasteiger partial charge in [0.25, 0.3) is 0 Å². The Balaban J connectivity index is 3.54. The number of ketones is 1. The average Bonchev–Trinajstić information content (AvgIpc) is 1.84. The smallest absolute Gasteiger partial charge is 0.147 e. The molecule has 0 N–H and O–H groups in total. The monoisotopic (exact) mass is 171 g/mol. The Morgan fingerprint density at radius 2 is 2.00 bits per heavy atom. The van der Waals surface area contributed by atoms with Gasteiger partial charge in [0.2, 0.25) is 0 Å². The Morgan fingerprint density at radius 1 is 1.42 bits per heavy atom. The Morgan fingerprint density at radius 3 is 2.42 bits per heavy atom. The van der Waals surface area contributed by atoms with Crippen LogP contribution in [0.2, 0.25) is 0 Å². The highest BCUT2D eigenvalue weighted by Gasteiger charge is 2.08. The number of likely N-dealkylation sites (N-methyl/N-ethyl adjacent to an activating group) is 1. The average molecular weight is 171 g/mol. The molecule has 0 radical (unpaired) electrons. The van der Waals surface area contributed by atoms with Gasteiger partial charge in [0.05, 0.1) is 6.54 Å². The molecule has 0 saturated heterocycles. The number of carbonyl (C=O) groups is 1. The van der Waals surface area contributed by atoms with Crippen molar-refractivity contribution in [2.45, 2.75) is 33.1 Å². The van der Waals surface area contributed by atoms with Gasteiger partial charge >= 0.3 is 0 Å². The number of hydrogen-bond donors (Lipinski definition) is 0. The lowest BCUT2D eigenvalue weighted by Crippen LogP contribution is -2.22. The summed E-state index contributed by atoms with van der Waals surface area (Å²) in [6.07, 6.45) is 3.08. The zero-order valence-corrected chi connectivity index (χ0v) is 8.76. The minimum atomic E-state index is 0.362. The molecule has 72 valence electrons. The molecule has 0 aromatic carbocycles. The first-order valence-electron chi connectivity index (χ1n) is 4.72. The lowest BCUT2D eigenvalue weighted by atomic mass is 9.99. The van der Waals surface area contributed by atoms with Crippen LogP contribution in [0.3, 0.4) is 0 Å². The van der Waals surface area contributed by atoms with Gasteiger partial charge < -0.3 is 4.90 Å². The van der Waals surface area contributed by atoms with E-state index in [0.29, 0.717) is 18.2 Å². The minimum Gasteiger partial charge on any atom is -0.302 e. The third-order valence-corrected chi connectivity index (χ3v) is 1.85. The maximum absolute atomic E-state index is 11.3. The highest BCUT2D eigenvalue weighted by Crippen LogP contribution is 2.09. The summed E-state index contributed by atoms with van der Waals surface area (Å²) in [4.78, 5) is 13.2. The molecule has 0 amide bonds. The van der Waals surface area contributed by atoms with Gasteiger partial charge in [-0.25, -0.2) is 0 Å². The molecule has 2 nitrogen and oxygen atoms in total. The van der Waals surface area contributed by atoms with Gasteiger partial charge in [-0.15, -0.1) is 0 Å². The van der Waals surface area contributed by atoms with Crippen molar-refractivity contribution in [1.82, 2.24) is 4.90 Å². The first-order chi connectivity index (χ1) is 5.56. The lowest BCUT2D eigenvalue weighted by Gasteiger charge is -2.11. The normalized spacial score (nSPS) is 13.4. The third-order valence-electron chi connectivity index (χ3n) is 1.85. The van der Waals surface area contributed by atoms with Gasteiger partial charge in [-0.05, 0) is 20.0 Å². The molecule has 0 rings (SSSR count). The van der Waals surface area contributed by atoms with Crippen LogP contribution in [-0.2, 0) is 4.79 Å². The van der Waals surface area contributed by atoms with E-state index in [-0.39, 0.29) is 0 Å². The molecule has 0 fully saturated rings. The maximum Gasteiger partial charge on any atom is 0.147 e. The van der Waals surface area contributed by atoms with Crippen LogP contribution in [0.1, 0.15) is 33.1 Å². The number of rotatable bonds is 6. The molecule has 0 aliphatic heterocycles. The summed E-state index contributed by atoms with van der Waals surface area (Å²) in [5, 5.41) is 0. The molecule has 1 atom stereocenters. The van der Waals surface area contributed by atoms with Crippen molar-refractivity contribution in [2.24, 2.45) is 5.92 Å². The summed E-state index contributed by atoms with van der Waals surface area (Å²) in [5.41, 5.74) is 0. The van der Waals surface area contributed by atoms with E-state index in [0.717, 1.165) is 6.42 Å². The van der Waals surface area contributed by atoms with E-state index in [1.165, 1.54) is 12.8 Å². The summed E-state index contributed by atoms with van der Waals surface area (Å²) in [5.74, 6) is 0.920. The molecule has 1 unspecified atom stereocenters. The molecule has 0 heterocycles. The van der Waals surface area contributed by atoms with Gasteiger partial charge in [-0.1, -0.05) is 26.7 Å². The molecule has 2 heteroatoms. The molecule has 0 spiro atoms. The van der Waals surface area contributed by atoms with Crippen LogP contribution in [0.15, 0.2) is 0 Å². The van der Waals surface area contributed by atoms with Crippen LogP contribution in [0, 0.1) is 5.92 Å². The summed E-state index contributed by atoms with van der Waals surface area (Å²) < 4.78 is 0. The fourth-order valence-electron chi connectivity index (χ4n) is 1.40. The molecule has 12 heavy (non-hydrogen) atoms. The fourth-order valence-corrected chi connectivity index (χ4v) is 1.40. The Kier molecular flexibility index (Phi) is 5.99. The van der Waals surface area contributed by atoms with Crippen LogP contribution in [0.5, 0.6) is 0 Å². The molecular formula is C10H21NO. The summed E-state index contributed by atoms with van der Waals surface area (Å²) >= 11 is 0. The zero-order chi connectivity index (χ0) is 9.56. The van der Waals surface area contributed by atoms with Crippen molar-refractivity contribution in [1.29, 1.82) is 0 Å². The predicted octanol–water partition coefficient (Wildman–Crippen LogP) is 1.94. The van der Waals surface area contributed by atoms with Crippen molar-refractivity contribution < 1.29 is 4.79 Å². The predicted molar refractivity (Wildman–Crippen MR) is 52.3 cm³/mol. The second-order valence-electron chi connectivity index (χ2n) is 3.87. The van der Waals surface area contributed by atoms with E-state index in [9.17, 15) is 4.79 Å². The summed E-state index contributed by atoms with van der Waals surface area (Å²) in [7, 11) is 3.87. The van der Waals surface area contributed by atoms with Crippen LogP contribution >= 0.6 is 0 Å². The van der Waals surface area contributed by atoms with E-state index >= 15 is 0 Å². The minimum absolute atomic E-state index is 0.362. The SMILES string of the molecule is CCCC(C)CC(=O)CN(C)C. The van der Waals surface area contributed by atoms with Gasteiger partial charge in [-0.2, -0.15) is 0 Å². The largest absolute Gasteiger partial charge is 0.302 e. The lowest BCUT2D eigenvalue weighted by molar-refractivity contribution is -0.120. The van der Waals surface area contributed by atoms with E-state index in [1.807, 2.05) is 19.0 Å². The molecule has 0 aliphatic rings. The molecule has 0 aromatic rings. The Labute approximate surface area is 75.9 Å². The molecule has 0 saturated carbocycles. The number of nitrogens with zero attached hydrogens (tertiary/aromatic N) is 1. The molecule has 0 bridgehead atoms. The quantitative estimate of drug-likeness (QED) is 0.608. The fraction of sp³-hybridized carbons (Fsp3) is 0.900. The van der Waals surface area contributed by atoms with Crippen molar-refractivity contribution in [3.8, 4) is 0 Å².